The van der Waals surface area contributed by atoms with Crippen LogP contribution in [0.4, 0.5) is 0 Å². The molecule has 1 aliphatic carbocycles. The SMILES string of the molecule is COC(OC)c1c(CCC(C)C)n(Cc2ccc(-c3ccccc3C(=O)O)cc2)c(=O)n1C(=O)CC1CCCCC1. The lowest BCUT2D eigenvalue weighted by Gasteiger charge is -2.22. The minimum Gasteiger partial charge on any atom is -0.478 e. The van der Waals surface area contributed by atoms with E-state index in [4.69, 9.17) is 9.47 Å². The lowest BCUT2D eigenvalue weighted by Crippen LogP contribution is -2.32. The van der Waals surface area contributed by atoms with Crippen LogP contribution in [0.1, 0.15) is 97.2 Å². The van der Waals surface area contributed by atoms with Crippen LogP contribution in [0, 0.1) is 11.8 Å². The lowest BCUT2D eigenvalue weighted by atomic mass is 9.87. The van der Waals surface area contributed by atoms with Crippen LogP contribution >= 0.6 is 0 Å². The molecule has 1 heterocycles. The van der Waals surface area contributed by atoms with Crippen molar-refractivity contribution in [3.63, 3.8) is 0 Å². The standard InChI is InChI=1S/C33H42N2O6/c1-22(2)14-19-28-30(32(40-3)41-4)35(29(36)20-23-10-6-5-7-11-23)33(39)34(28)21-24-15-17-25(18-16-24)26-12-8-9-13-27(26)31(37)38/h8-9,12-13,15-18,22-23,32H,5-7,10-11,14,19-21H2,1-4H3,(H,37,38). The van der Waals surface area contributed by atoms with E-state index in [1.165, 1.54) is 25.2 Å². The first kappa shape index (κ1) is 30.5. The van der Waals surface area contributed by atoms with E-state index < -0.39 is 12.3 Å². The lowest BCUT2D eigenvalue weighted by molar-refractivity contribution is -0.110. The van der Waals surface area contributed by atoms with Gasteiger partial charge in [-0.05, 0) is 60.3 Å². The number of carboxylic acid groups (broad SMARTS) is 1. The van der Waals surface area contributed by atoms with Gasteiger partial charge in [0.25, 0.3) is 0 Å². The number of nitrogens with zero attached hydrogens (tertiary/aromatic N) is 2. The van der Waals surface area contributed by atoms with Crippen molar-refractivity contribution in [1.82, 2.24) is 9.13 Å². The molecule has 0 atom stereocenters. The van der Waals surface area contributed by atoms with E-state index in [1.807, 2.05) is 30.3 Å². The predicted octanol–water partition coefficient (Wildman–Crippen LogP) is 6.55. The molecule has 41 heavy (non-hydrogen) atoms. The third-order valence-corrected chi connectivity index (χ3v) is 8.10. The largest absolute Gasteiger partial charge is 0.478 e. The van der Waals surface area contributed by atoms with Crippen LogP contribution in [0.5, 0.6) is 0 Å². The Morgan fingerprint density at radius 2 is 1.63 bits per heavy atom. The summed E-state index contributed by atoms with van der Waals surface area (Å²) in [5, 5.41) is 9.60. The monoisotopic (exact) mass is 562 g/mol. The zero-order valence-electron chi connectivity index (χ0n) is 24.6. The van der Waals surface area contributed by atoms with E-state index in [2.05, 4.69) is 13.8 Å². The van der Waals surface area contributed by atoms with E-state index in [1.54, 1.807) is 22.8 Å². The Kier molecular flexibility index (Phi) is 10.3. The second kappa shape index (κ2) is 13.9. The number of carbonyl (C=O) groups is 2. The summed E-state index contributed by atoms with van der Waals surface area (Å²) in [5.74, 6) is -0.516. The van der Waals surface area contributed by atoms with Gasteiger partial charge in [0.05, 0.1) is 12.1 Å². The first-order valence-corrected chi connectivity index (χ1v) is 14.6. The molecule has 0 radical (unpaired) electrons. The maximum atomic E-state index is 14.0. The van der Waals surface area contributed by atoms with Gasteiger partial charge in [0, 0.05) is 26.3 Å². The van der Waals surface area contributed by atoms with Gasteiger partial charge >= 0.3 is 11.7 Å². The zero-order chi connectivity index (χ0) is 29.5. The Balaban J connectivity index is 1.75. The maximum Gasteiger partial charge on any atom is 0.336 e. The number of carboxylic acids is 1. The van der Waals surface area contributed by atoms with Gasteiger partial charge in [-0.15, -0.1) is 0 Å². The van der Waals surface area contributed by atoms with E-state index in [9.17, 15) is 19.5 Å². The molecule has 1 aliphatic rings. The number of aromatic nitrogens is 2. The molecule has 1 aromatic heterocycles. The molecule has 1 N–H and O–H groups in total. The van der Waals surface area contributed by atoms with Crippen LogP contribution < -0.4 is 5.69 Å². The topological polar surface area (TPSA) is 99.8 Å². The highest BCUT2D eigenvalue weighted by atomic mass is 16.7. The summed E-state index contributed by atoms with van der Waals surface area (Å²) in [4.78, 5) is 39.5. The molecule has 0 bridgehead atoms. The van der Waals surface area contributed by atoms with Gasteiger partial charge in [0.2, 0.25) is 12.2 Å². The molecule has 0 saturated heterocycles. The molecule has 4 rings (SSSR count). The number of hydrogen-bond donors (Lipinski definition) is 1. The Bertz CT molecular complexity index is 1390. The minimum atomic E-state index is -0.983. The molecule has 8 heteroatoms. The Morgan fingerprint density at radius 1 is 0.976 bits per heavy atom. The number of hydrogen-bond acceptors (Lipinski definition) is 5. The van der Waals surface area contributed by atoms with Crippen molar-refractivity contribution in [3.05, 3.63) is 81.5 Å². The molecule has 8 nitrogen and oxygen atoms in total. The van der Waals surface area contributed by atoms with E-state index in [0.717, 1.165) is 48.9 Å². The summed E-state index contributed by atoms with van der Waals surface area (Å²) in [6.45, 7) is 4.53. The fraction of sp³-hybridized carbons (Fsp3) is 0.485. The third-order valence-electron chi connectivity index (χ3n) is 8.10. The highest BCUT2D eigenvalue weighted by molar-refractivity contribution is 5.96. The normalized spacial score (nSPS) is 14.2. The van der Waals surface area contributed by atoms with Gasteiger partial charge in [-0.25, -0.2) is 14.2 Å². The van der Waals surface area contributed by atoms with Crippen LogP contribution in [-0.4, -0.2) is 40.3 Å². The summed E-state index contributed by atoms with van der Waals surface area (Å²) < 4.78 is 14.3. The summed E-state index contributed by atoms with van der Waals surface area (Å²) in [5.41, 5.74) is 3.35. The third kappa shape index (κ3) is 7.05. The van der Waals surface area contributed by atoms with E-state index in [-0.39, 0.29) is 29.6 Å². The van der Waals surface area contributed by atoms with Gasteiger partial charge in [0.15, 0.2) is 0 Å². The Morgan fingerprint density at radius 3 is 2.24 bits per heavy atom. The summed E-state index contributed by atoms with van der Waals surface area (Å²) in [7, 11) is 3.04. The van der Waals surface area contributed by atoms with Crippen molar-refractivity contribution in [1.29, 1.82) is 0 Å². The fourth-order valence-corrected chi connectivity index (χ4v) is 5.88. The van der Waals surface area contributed by atoms with Gasteiger partial charge in [-0.1, -0.05) is 75.6 Å². The first-order valence-electron chi connectivity index (χ1n) is 14.6. The number of benzene rings is 2. The molecule has 2 aromatic carbocycles. The molecule has 0 amide bonds. The number of ether oxygens (including phenoxy) is 2. The van der Waals surface area contributed by atoms with Crippen molar-refractivity contribution < 1.29 is 24.2 Å². The molecule has 220 valence electrons. The van der Waals surface area contributed by atoms with Crippen molar-refractivity contribution in [2.24, 2.45) is 11.8 Å². The summed E-state index contributed by atoms with van der Waals surface area (Å²) in [6, 6.07) is 14.4. The molecule has 0 aliphatic heterocycles. The van der Waals surface area contributed by atoms with Gasteiger partial charge in [-0.3, -0.25) is 9.36 Å². The Labute approximate surface area is 241 Å². The molecule has 0 unspecified atom stereocenters. The molecule has 1 fully saturated rings. The highest BCUT2D eigenvalue weighted by Gasteiger charge is 2.31. The van der Waals surface area contributed by atoms with Gasteiger partial charge in [0.1, 0.15) is 5.69 Å². The van der Waals surface area contributed by atoms with Crippen LogP contribution in [-0.2, 0) is 22.4 Å². The van der Waals surface area contributed by atoms with E-state index in [0.29, 0.717) is 30.0 Å². The van der Waals surface area contributed by atoms with Crippen molar-refractivity contribution >= 4 is 11.9 Å². The average Bonchev–Trinajstić information content (AvgIpc) is 3.24. The molecule has 0 spiro atoms. The average molecular weight is 563 g/mol. The molecular weight excluding hydrogens is 520 g/mol. The van der Waals surface area contributed by atoms with Crippen LogP contribution in [0.2, 0.25) is 0 Å². The highest BCUT2D eigenvalue weighted by Crippen LogP contribution is 2.30. The predicted molar refractivity (Wildman–Crippen MR) is 158 cm³/mol. The number of aromatic carboxylic acids is 1. The summed E-state index contributed by atoms with van der Waals surface area (Å²) >= 11 is 0. The maximum absolute atomic E-state index is 14.0. The van der Waals surface area contributed by atoms with Crippen molar-refractivity contribution in [3.8, 4) is 11.1 Å². The fourth-order valence-electron chi connectivity index (χ4n) is 5.88. The number of methoxy groups -OCH3 is 2. The molecular formula is C33H42N2O6. The summed E-state index contributed by atoms with van der Waals surface area (Å²) in [6.07, 6.45) is 6.35. The van der Waals surface area contributed by atoms with Gasteiger partial charge in [-0.2, -0.15) is 0 Å². The van der Waals surface area contributed by atoms with Crippen LogP contribution in [0.25, 0.3) is 11.1 Å². The Hall–Kier alpha value is -3.49. The van der Waals surface area contributed by atoms with Crippen molar-refractivity contribution in [2.45, 2.75) is 78.0 Å². The number of carbonyl (C=O) groups excluding carboxylic acids is 1. The minimum absolute atomic E-state index is 0.207. The second-order valence-corrected chi connectivity index (χ2v) is 11.4. The number of rotatable bonds is 12. The second-order valence-electron chi connectivity index (χ2n) is 11.4. The smallest absolute Gasteiger partial charge is 0.336 e. The van der Waals surface area contributed by atoms with Gasteiger partial charge < -0.3 is 14.6 Å². The first-order chi connectivity index (χ1) is 19.7. The van der Waals surface area contributed by atoms with Crippen LogP contribution in [0.3, 0.4) is 0 Å². The quantitative estimate of drug-likeness (QED) is 0.251. The molecule has 1 saturated carbocycles. The zero-order valence-corrected chi connectivity index (χ0v) is 24.6. The molecule has 3 aromatic rings. The van der Waals surface area contributed by atoms with E-state index >= 15 is 0 Å². The van der Waals surface area contributed by atoms with Crippen LogP contribution in [0.15, 0.2) is 53.3 Å². The van der Waals surface area contributed by atoms with Crippen molar-refractivity contribution in [2.75, 3.05) is 14.2 Å². The number of imidazole rings is 1.